The van der Waals surface area contributed by atoms with Crippen LogP contribution in [0.2, 0.25) is 5.15 Å². The number of carbonyl (C=O) groups excluding carboxylic acids is 1. The van der Waals surface area contributed by atoms with Crippen LogP contribution in [0.1, 0.15) is 52.5 Å². The van der Waals surface area contributed by atoms with Gasteiger partial charge in [-0.2, -0.15) is 9.78 Å². The van der Waals surface area contributed by atoms with Gasteiger partial charge in [0.15, 0.2) is 0 Å². The van der Waals surface area contributed by atoms with E-state index in [0.717, 1.165) is 41.8 Å². The lowest BCUT2D eigenvalue weighted by Gasteiger charge is -2.21. The van der Waals surface area contributed by atoms with Gasteiger partial charge in [-0.25, -0.2) is 0 Å². The van der Waals surface area contributed by atoms with Crippen molar-refractivity contribution in [3.63, 3.8) is 0 Å². The fraction of sp³-hybridized carbons (Fsp3) is 0.500. The molecule has 2 atom stereocenters. The normalized spacial score (nSPS) is 23.4. The number of hydrogen-bond acceptors (Lipinski definition) is 4. The molecule has 4 rings (SSSR count). The van der Waals surface area contributed by atoms with Crippen molar-refractivity contribution < 1.29 is 9.90 Å². The van der Waals surface area contributed by atoms with Crippen LogP contribution in [0, 0.1) is 0 Å². The number of aryl methyl sites for hydroxylation is 2. The van der Waals surface area contributed by atoms with Crippen molar-refractivity contribution in [2.45, 2.75) is 50.5 Å². The molecular formula is C16H19ClN4O2. The average molecular weight is 335 g/mol. The van der Waals surface area contributed by atoms with Gasteiger partial charge in [-0.05, 0) is 43.7 Å². The molecule has 0 saturated heterocycles. The van der Waals surface area contributed by atoms with E-state index in [1.54, 1.807) is 0 Å². The topological polar surface area (TPSA) is 96.9 Å². The summed E-state index contributed by atoms with van der Waals surface area (Å²) in [6.07, 6.45) is 4.00. The maximum absolute atomic E-state index is 13.0. The summed E-state index contributed by atoms with van der Waals surface area (Å²) < 4.78 is 1.34. The Hall–Kier alpha value is -1.79. The van der Waals surface area contributed by atoms with Gasteiger partial charge in [0.05, 0.1) is 17.7 Å². The molecule has 4 N–H and O–H groups in total. The first-order valence-electron chi connectivity index (χ1n) is 8.00. The fourth-order valence-electron chi connectivity index (χ4n) is 3.78. The molecule has 6 nitrogen and oxygen atoms in total. The van der Waals surface area contributed by atoms with Crippen LogP contribution in [0.5, 0.6) is 0 Å². The number of nitrogens with two attached hydrogens (primary N) is 1. The highest BCUT2D eigenvalue weighted by atomic mass is 35.5. The summed E-state index contributed by atoms with van der Waals surface area (Å²) in [5, 5.41) is 14.8. The summed E-state index contributed by atoms with van der Waals surface area (Å²) in [4.78, 5) is 16.1. The number of anilines is 1. The predicted molar refractivity (Wildman–Crippen MR) is 86.8 cm³/mol. The van der Waals surface area contributed by atoms with Gasteiger partial charge in [-0.15, -0.1) is 0 Å². The van der Waals surface area contributed by atoms with E-state index in [0.29, 0.717) is 30.2 Å². The minimum Gasteiger partial charge on any atom is -0.393 e. The molecule has 0 radical (unpaired) electrons. The monoisotopic (exact) mass is 334 g/mol. The van der Waals surface area contributed by atoms with Crippen LogP contribution in [0.15, 0.2) is 6.07 Å². The van der Waals surface area contributed by atoms with E-state index in [1.807, 2.05) is 6.07 Å². The molecule has 0 unspecified atom stereocenters. The lowest BCUT2D eigenvalue weighted by atomic mass is 9.86. The van der Waals surface area contributed by atoms with Crippen LogP contribution in [-0.2, 0) is 19.3 Å². The van der Waals surface area contributed by atoms with E-state index in [-0.39, 0.29) is 11.8 Å². The molecule has 0 aromatic carbocycles. The van der Waals surface area contributed by atoms with Crippen molar-refractivity contribution in [3.8, 4) is 0 Å². The molecule has 2 aromatic rings. The summed E-state index contributed by atoms with van der Waals surface area (Å²) in [7, 11) is 0. The van der Waals surface area contributed by atoms with E-state index >= 15 is 0 Å². The molecule has 0 saturated carbocycles. The predicted octanol–water partition coefficient (Wildman–Crippen LogP) is 2.06. The maximum Gasteiger partial charge on any atom is 0.256 e. The number of nitrogens with zero attached hydrogens (tertiary/aromatic N) is 2. The Bertz CT molecular complexity index is 779. The van der Waals surface area contributed by atoms with Gasteiger partial charge in [0.25, 0.3) is 5.91 Å². The largest absolute Gasteiger partial charge is 0.393 e. The zero-order valence-electron chi connectivity index (χ0n) is 12.7. The highest BCUT2D eigenvalue weighted by molar-refractivity contribution is 6.29. The van der Waals surface area contributed by atoms with Crippen LogP contribution >= 0.6 is 11.6 Å². The van der Waals surface area contributed by atoms with Gasteiger partial charge in [-0.1, -0.05) is 11.6 Å². The second-order valence-electron chi connectivity index (χ2n) is 6.45. The SMILES string of the molecule is Nc1c2c(nn1C(=O)[C@@H]1CCCc3[nH]c(Cl)cc31)CC[C@@H](O)C2. The smallest absolute Gasteiger partial charge is 0.256 e. The van der Waals surface area contributed by atoms with Crippen molar-refractivity contribution in [1.82, 2.24) is 14.8 Å². The summed E-state index contributed by atoms with van der Waals surface area (Å²) in [5.74, 6) is -0.00316. The first-order chi connectivity index (χ1) is 11.0. The molecule has 0 spiro atoms. The van der Waals surface area contributed by atoms with E-state index in [4.69, 9.17) is 17.3 Å². The molecule has 0 fully saturated rings. The maximum atomic E-state index is 13.0. The first kappa shape index (κ1) is 14.8. The fourth-order valence-corrected chi connectivity index (χ4v) is 4.01. The third kappa shape index (κ3) is 2.37. The highest BCUT2D eigenvalue weighted by Crippen LogP contribution is 2.36. The van der Waals surface area contributed by atoms with E-state index in [9.17, 15) is 9.90 Å². The van der Waals surface area contributed by atoms with E-state index < -0.39 is 6.10 Å². The number of rotatable bonds is 1. The van der Waals surface area contributed by atoms with Crippen molar-refractivity contribution in [2.75, 3.05) is 5.73 Å². The van der Waals surface area contributed by atoms with Crippen LogP contribution in [0.3, 0.4) is 0 Å². The van der Waals surface area contributed by atoms with Gasteiger partial charge < -0.3 is 15.8 Å². The third-order valence-electron chi connectivity index (χ3n) is 4.96. The first-order valence-corrected chi connectivity index (χ1v) is 8.38. The Morgan fingerprint density at radius 1 is 1.43 bits per heavy atom. The van der Waals surface area contributed by atoms with E-state index in [2.05, 4.69) is 10.1 Å². The third-order valence-corrected chi connectivity index (χ3v) is 5.17. The molecule has 2 heterocycles. The Balaban J connectivity index is 1.71. The summed E-state index contributed by atoms with van der Waals surface area (Å²) in [6.45, 7) is 0. The molecule has 7 heteroatoms. The minimum absolute atomic E-state index is 0.108. The summed E-state index contributed by atoms with van der Waals surface area (Å²) in [5.41, 5.74) is 9.80. The number of nitrogen functional groups attached to an aromatic ring is 1. The van der Waals surface area contributed by atoms with E-state index in [1.165, 1.54) is 4.68 Å². The average Bonchev–Trinajstić information content (AvgIpc) is 3.06. The van der Waals surface area contributed by atoms with Crippen LogP contribution < -0.4 is 5.73 Å². The lowest BCUT2D eigenvalue weighted by Crippen LogP contribution is -2.25. The van der Waals surface area contributed by atoms with Crippen molar-refractivity contribution in [3.05, 3.63) is 33.7 Å². The Labute approximate surface area is 138 Å². The number of hydrogen-bond donors (Lipinski definition) is 3. The second kappa shape index (κ2) is 5.39. The number of halogens is 1. The van der Waals surface area contributed by atoms with Gasteiger partial charge in [0.2, 0.25) is 0 Å². The standard InChI is InChI=1S/C16H19ClN4O2/c17-14-7-10-9(2-1-3-12(10)19-14)16(23)21-15(18)11-6-8(22)4-5-13(11)20-21/h7-9,19,22H,1-6,18H2/t8-,9-/m1/s1. The number of aliphatic hydroxyl groups excluding tert-OH is 1. The molecule has 2 aliphatic carbocycles. The number of H-pyrrole nitrogens is 1. The number of aromatic nitrogens is 3. The zero-order valence-corrected chi connectivity index (χ0v) is 13.4. The van der Waals surface area contributed by atoms with Crippen molar-refractivity contribution in [1.29, 1.82) is 0 Å². The van der Waals surface area contributed by atoms with Crippen LogP contribution in [-0.4, -0.2) is 31.9 Å². The Morgan fingerprint density at radius 2 is 2.26 bits per heavy atom. The Kier molecular flexibility index (Phi) is 3.46. The summed E-state index contributed by atoms with van der Waals surface area (Å²) in [6, 6.07) is 1.84. The molecule has 2 aromatic heterocycles. The van der Waals surface area contributed by atoms with Gasteiger partial charge in [0.1, 0.15) is 11.0 Å². The van der Waals surface area contributed by atoms with Gasteiger partial charge in [-0.3, -0.25) is 4.79 Å². The molecule has 0 amide bonds. The van der Waals surface area contributed by atoms with Gasteiger partial charge in [0, 0.05) is 17.7 Å². The summed E-state index contributed by atoms with van der Waals surface area (Å²) >= 11 is 6.05. The lowest BCUT2D eigenvalue weighted by molar-refractivity contribution is 0.0854. The molecule has 122 valence electrons. The number of aromatic amines is 1. The van der Waals surface area contributed by atoms with Crippen molar-refractivity contribution >= 4 is 23.3 Å². The minimum atomic E-state index is -0.401. The quantitative estimate of drug-likeness (QED) is 0.743. The molecule has 0 aliphatic heterocycles. The van der Waals surface area contributed by atoms with Gasteiger partial charge >= 0.3 is 0 Å². The Morgan fingerprint density at radius 3 is 3.09 bits per heavy atom. The number of nitrogens with one attached hydrogen (secondary N) is 1. The van der Waals surface area contributed by atoms with Crippen LogP contribution in [0.4, 0.5) is 5.82 Å². The van der Waals surface area contributed by atoms with Crippen LogP contribution in [0.25, 0.3) is 0 Å². The molecular weight excluding hydrogens is 316 g/mol. The number of aliphatic hydroxyl groups is 1. The second-order valence-corrected chi connectivity index (χ2v) is 6.86. The van der Waals surface area contributed by atoms with Crippen molar-refractivity contribution in [2.24, 2.45) is 0 Å². The molecule has 0 bridgehead atoms. The number of fused-ring (bicyclic) bond motifs is 2. The highest BCUT2D eigenvalue weighted by Gasteiger charge is 2.33. The zero-order chi connectivity index (χ0) is 16.1. The number of carbonyl (C=O) groups is 1. The molecule has 2 aliphatic rings. The molecule has 23 heavy (non-hydrogen) atoms.